The molecule has 0 spiro atoms. The lowest BCUT2D eigenvalue weighted by Gasteiger charge is -1.89. The summed E-state index contributed by atoms with van der Waals surface area (Å²) in [5.74, 6) is 0. The minimum Gasteiger partial charge on any atom is -0.220 e. The summed E-state index contributed by atoms with van der Waals surface area (Å²) in [7, 11) is -4.86. The zero-order valence-electron chi connectivity index (χ0n) is 6.55. The van der Waals surface area contributed by atoms with E-state index in [0.717, 1.165) is 4.52 Å². The van der Waals surface area contributed by atoms with Crippen LogP contribution in [0.4, 0.5) is 3.89 Å². The van der Waals surface area contributed by atoms with Crippen LogP contribution in [-0.2, 0) is 10.2 Å². The fourth-order valence-electron chi connectivity index (χ4n) is 0.940. The molecule has 0 atom stereocenters. The second-order valence-corrected chi connectivity index (χ2v) is 4.16. The zero-order chi connectivity index (χ0) is 10.3. The fraction of sp³-hybridized carbons (Fsp3) is 0. The van der Waals surface area contributed by atoms with E-state index in [1.165, 1.54) is 18.3 Å². The number of nitrogens with zero attached hydrogens (tertiary/aromatic N) is 3. The molecule has 0 saturated heterocycles. The summed E-state index contributed by atoms with van der Waals surface area (Å²) in [6, 6.07) is 2.86. The van der Waals surface area contributed by atoms with E-state index in [1.54, 1.807) is 0 Å². The van der Waals surface area contributed by atoms with Gasteiger partial charge < -0.3 is 0 Å². The molecule has 2 rings (SSSR count). The molecule has 0 unspecified atom stereocenters. The van der Waals surface area contributed by atoms with Gasteiger partial charge in [0, 0.05) is 17.3 Å². The zero-order valence-corrected chi connectivity index (χ0v) is 8.13. The van der Waals surface area contributed by atoms with Gasteiger partial charge >= 0.3 is 10.2 Å². The monoisotopic (exact) mass is 235 g/mol. The van der Waals surface area contributed by atoms with Gasteiger partial charge in [0.15, 0.2) is 5.65 Å². The third-order valence-electron chi connectivity index (χ3n) is 1.50. The second kappa shape index (κ2) is 2.89. The third kappa shape index (κ3) is 1.55. The maximum absolute atomic E-state index is 12.5. The lowest BCUT2D eigenvalue weighted by Crippen LogP contribution is -1.95. The molecule has 2 heterocycles. The highest BCUT2D eigenvalue weighted by atomic mass is 35.5. The van der Waals surface area contributed by atoms with E-state index < -0.39 is 15.4 Å². The molecule has 0 aliphatic carbocycles. The number of halogens is 2. The Labute approximate surface area is 83.3 Å². The smallest absolute Gasteiger partial charge is 0.220 e. The van der Waals surface area contributed by atoms with E-state index in [1.807, 2.05) is 0 Å². The van der Waals surface area contributed by atoms with Crippen LogP contribution in [0.5, 0.6) is 0 Å². The van der Waals surface area contributed by atoms with Crippen LogP contribution in [-0.4, -0.2) is 23.0 Å². The minimum absolute atomic E-state index is 0.175. The summed E-state index contributed by atoms with van der Waals surface area (Å²) in [6.45, 7) is 0. The molecule has 0 N–H and O–H groups in total. The molecule has 74 valence electrons. The van der Waals surface area contributed by atoms with Gasteiger partial charge in [0.1, 0.15) is 0 Å². The van der Waals surface area contributed by atoms with Gasteiger partial charge in [0.25, 0.3) is 5.16 Å². The van der Waals surface area contributed by atoms with E-state index in [-0.39, 0.29) is 5.65 Å². The van der Waals surface area contributed by atoms with Gasteiger partial charge in [-0.05, 0) is 6.07 Å². The maximum atomic E-state index is 12.5. The number of hydrogen-bond donors (Lipinski definition) is 0. The van der Waals surface area contributed by atoms with Crippen molar-refractivity contribution < 1.29 is 12.3 Å². The van der Waals surface area contributed by atoms with Crippen molar-refractivity contribution in [1.29, 1.82) is 0 Å². The van der Waals surface area contributed by atoms with Gasteiger partial charge in [-0.2, -0.15) is 13.4 Å². The van der Waals surface area contributed by atoms with Crippen LogP contribution in [0.25, 0.3) is 5.65 Å². The number of hydrogen-bond acceptors (Lipinski definition) is 4. The molecule has 2 aromatic rings. The first-order valence-corrected chi connectivity index (χ1v) is 5.19. The van der Waals surface area contributed by atoms with Crippen LogP contribution in [0, 0.1) is 0 Å². The number of rotatable bonds is 1. The number of aromatic nitrogens is 3. The largest absolute Gasteiger partial charge is 0.369 e. The molecule has 0 radical (unpaired) electrons. The normalized spacial score (nSPS) is 12.1. The Bertz CT molecular complexity index is 594. The highest BCUT2D eigenvalue weighted by Gasteiger charge is 2.18. The van der Waals surface area contributed by atoms with E-state index in [2.05, 4.69) is 10.1 Å². The Morgan fingerprint density at radius 3 is 2.86 bits per heavy atom. The van der Waals surface area contributed by atoms with Crippen LogP contribution in [0.1, 0.15) is 0 Å². The van der Waals surface area contributed by atoms with Crippen LogP contribution in [0.3, 0.4) is 0 Å². The first-order chi connectivity index (χ1) is 6.47. The fourth-order valence-corrected chi connectivity index (χ4v) is 1.48. The molecule has 0 aromatic carbocycles. The Morgan fingerprint density at radius 2 is 2.21 bits per heavy atom. The van der Waals surface area contributed by atoms with Gasteiger partial charge in [-0.1, -0.05) is 15.5 Å². The lowest BCUT2D eigenvalue weighted by atomic mass is 10.5. The number of pyridine rings is 1. The third-order valence-corrected chi connectivity index (χ3v) is 2.34. The van der Waals surface area contributed by atoms with Crippen LogP contribution >= 0.6 is 11.6 Å². The van der Waals surface area contributed by atoms with Crippen molar-refractivity contribution in [2.75, 3.05) is 0 Å². The molecular formula is C6H3ClFN3O2S. The number of fused-ring (bicyclic) bond motifs is 1. The van der Waals surface area contributed by atoms with E-state index in [9.17, 15) is 12.3 Å². The molecule has 0 aliphatic heterocycles. The molecule has 0 saturated carbocycles. The molecule has 5 nitrogen and oxygen atoms in total. The molecule has 2 aromatic heterocycles. The first-order valence-electron chi connectivity index (χ1n) is 3.43. The summed E-state index contributed by atoms with van der Waals surface area (Å²) in [5.41, 5.74) is 0.175. The van der Waals surface area contributed by atoms with Crippen LogP contribution in [0.2, 0.25) is 5.02 Å². The standard InChI is InChI=1S/C6H3ClFN3O2S/c7-4-1-2-11-5(3-4)9-6(10-11)14(8,12)13/h1-3H. The van der Waals surface area contributed by atoms with Gasteiger partial charge in [-0.15, -0.1) is 5.10 Å². The topological polar surface area (TPSA) is 64.3 Å². The van der Waals surface area contributed by atoms with Crippen molar-refractivity contribution in [2.45, 2.75) is 5.16 Å². The predicted molar refractivity (Wildman–Crippen MR) is 46.3 cm³/mol. The van der Waals surface area contributed by atoms with Crippen LogP contribution in [0.15, 0.2) is 23.5 Å². The molecular weight excluding hydrogens is 233 g/mol. The Balaban J connectivity index is 2.75. The molecule has 0 fully saturated rings. The first kappa shape index (κ1) is 9.35. The van der Waals surface area contributed by atoms with Gasteiger partial charge in [0.2, 0.25) is 0 Å². The summed E-state index contributed by atoms with van der Waals surface area (Å²) >= 11 is 5.62. The maximum Gasteiger partial charge on any atom is 0.369 e. The van der Waals surface area contributed by atoms with Crippen molar-refractivity contribution in [3.05, 3.63) is 23.4 Å². The van der Waals surface area contributed by atoms with Crippen molar-refractivity contribution >= 4 is 27.5 Å². The van der Waals surface area contributed by atoms with Crippen LogP contribution < -0.4 is 0 Å². The van der Waals surface area contributed by atoms with E-state index in [4.69, 9.17) is 11.6 Å². The summed E-state index contributed by atoms with van der Waals surface area (Å²) in [6.07, 6.45) is 1.39. The van der Waals surface area contributed by atoms with Gasteiger partial charge in [-0.3, -0.25) is 0 Å². The van der Waals surface area contributed by atoms with Gasteiger partial charge in [-0.25, -0.2) is 4.52 Å². The molecule has 0 bridgehead atoms. The Morgan fingerprint density at radius 1 is 1.50 bits per heavy atom. The molecule has 0 amide bonds. The van der Waals surface area contributed by atoms with Crippen molar-refractivity contribution in [3.8, 4) is 0 Å². The highest BCUT2D eigenvalue weighted by molar-refractivity contribution is 7.86. The summed E-state index contributed by atoms with van der Waals surface area (Å²) in [5, 5.41) is 2.92. The predicted octanol–water partition coefficient (Wildman–Crippen LogP) is 1.04. The van der Waals surface area contributed by atoms with E-state index >= 15 is 0 Å². The highest BCUT2D eigenvalue weighted by Crippen LogP contribution is 2.13. The van der Waals surface area contributed by atoms with Crippen molar-refractivity contribution in [1.82, 2.24) is 14.6 Å². The quantitative estimate of drug-likeness (QED) is 0.693. The van der Waals surface area contributed by atoms with Crippen molar-refractivity contribution in [2.24, 2.45) is 0 Å². The molecule has 0 aliphatic rings. The van der Waals surface area contributed by atoms with Crippen molar-refractivity contribution in [3.63, 3.8) is 0 Å². The van der Waals surface area contributed by atoms with E-state index in [0.29, 0.717) is 5.02 Å². The molecule has 8 heteroatoms. The average molecular weight is 236 g/mol. The Hall–Kier alpha value is -1.21. The average Bonchev–Trinajstić information content (AvgIpc) is 2.45. The second-order valence-electron chi connectivity index (χ2n) is 2.48. The lowest BCUT2D eigenvalue weighted by molar-refractivity contribution is 0.542. The Kier molecular flexibility index (Phi) is 1.93. The molecule has 14 heavy (non-hydrogen) atoms. The SMILES string of the molecule is O=S(=O)(F)c1nc2cc(Cl)ccn2n1. The summed E-state index contributed by atoms with van der Waals surface area (Å²) in [4.78, 5) is 3.45. The summed E-state index contributed by atoms with van der Waals surface area (Å²) < 4.78 is 34.5. The van der Waals surface area contributed by atoms with Gasteiger partial charge in [0.05, 0.1) is 0 Å². The minimum atomic E-state index is -4.86.